The van der Waals surface area contributed by atoms with Gasteiger partial charge in [0.25, 0.3) is 10.1 Å². The summed E-state index contributed by atoms with van der Waals surface area (Å²) in [5.41, 5.74) is 0. The lowest BCUT2D eigenvalue weighted by Crippen LogP contribution is -2.20. The van der Waals surface area contributed by atoms with E-state index in [2.05, 4.69) is 4.18 Å². The lowest BCUT2D eigenvalue weighted by molar-refractivity contribution is 0.385. The summed E-state index contributed by atoms with van der Waals surface area (Å²) in [6.45, 7) is 0. The van der Waals surface area contributed by atoms with Crippen LogP contribution in [0.3, 0.4) is 0 Å². The number of hydrogen-bond donors (Lipinski definition) is 0. The Morgan fingerprint density at radius 1 is 1.44 bits per heavy atom. The zero-order valence-electron chi connectivity index (χ0n) is 5.25. The fourth-order valence-corrected chi connectivity index (χ4v) is 1.71. The average molecular weight is 149 g/mol. The first-order valence-electron chi connectivity index (χ1n) is 2.82. The van der Waals surface area contributed by atoms with E-state index in [-0.39, 0.29) is 0 Å². The van der Waals surface area contributed by atoms with Crippen molar-refractivity contribution in [2.75, 3.05) is 7.11 Å². The summed E-state index contributed by atoms with van der Waals surface area (Å²) in [6.07, 6.45) is 2.37. The lowest BCUT2D eigenvalue weighted by Gasteiger charge is -2.21. The molecule has 0 heterocycles. The molecular weight excluding hydrogens is 140 g/mol. The van der Waals surface area contributed by atoms with Gasteiger partial charge in [0.1, 0.15) is 5.25 Å². The van der Waals surface area contributed by atoms with Crippen LogP contribution in [-0.2, 0) is 14.3 Å². The van der Waals surface area contributed by atoms with Gasteiger partial charge in [0.15, 0.2) is 0 Å². The van der Waals surface area contributed by atoms with Crippen LogP contribution < -0.4 is 0 Å². The van der Waals surface area contributed by atoms with Gasteiger partial charge in [-0.2, -0.15) is 8.42 Å². The van der Waals surface area contributed by atoms with E-state index >= 15 is 0 Å². The summed E-state index contributed by atoms with van der Waals surface area (Å²) in [6, 6.07) is 0. The predicted molar refractivity (Wildman–Crippen MR) is 33.0 cm³/mol. The van der Waals surface area contributed by atoms with Gasteiger partial charge >= 0.3 is 0 Å². The normalized spacial score (nSPS) is 21.4. The number of rotatable bonds is 2. The van der Waals surface area contributed by atoms with Crippen molar-refractivity contribution in [2.45, 2.75) is 19.3 Å². The van der Waals surface area contributed by atoms with Crippen LogP contribution in [-0.4, -0.2) is 15.5 Å². The Kier molecular flexibility index (Phi) is 1.77. The van der Waals surface area contributed by atoms with Crippen molar-refractivity contribution in [3.05, 3.63) is 5.25 Å². The van der Waals surface area contributed by atoms with E-state index < -0.39 is 10.1 Å². The van der Waals surface area contributed by atoms with E-state index in [1.54, 1.807) is 0 Å². The molecule has 0 aromatic rings. The highest BCUT2D eigenvalue weighted by molar-refractivity contribution is 7.89. The van der Waals surface area contributed by atoms with Gasteiger partial charge in [-0.05, 0) is 19.3 Å². The van der Waals surface area contributed by atoms with Crippen LogP contribution in [0.2, 0.25) is 0 Å². The molecule has 9 heavy (non-hydrogen) atoms. The van der Waals surface area contributed by atoms with E-state index in [1.165, 1.54) is 7.11 Å². The fraction of sp³-hybridized carbons (Fsp3) is 0.800. The van der Waals surface area contributed by atoms with Gasteiger partial charge in [-0.25, -0.2) is 0 Å². The minimum absolute atomic E-state index is 0.546. The zero-order chi connectivity index (χ0) is 6.91. The Morgan fingerprint density at radius 2 is 2.00 bits per heavy atom. The third-order valence-corrected chi connectivity index (χ3v) is 3.04. The van der Waals surface area contributed by atoms with Crippen molar-refractivity contribution in [1.82, 2.24) is 0 Å². The first-order chi connectivity index (χ1) is 4.17. The minimum atomic E-state index is -3.24. The van der Waals surface area contributed by atoms with Gasteiger partial charge in [-0.1, -0.05) is 0 Å². The Labute approximate surface area is 55.1 Å². The van der Waals surface area contributed by atoms with Crippen molar-refractivity contribution in [1.29, 1.82) is 0 Å². The predicted octanol–water partition coefficient (Wildman–Crippen LogP) is 0.678. The molecule has 3 nitrogen and oxygen atoms in total. The molecule has 1 radical (unpaired) electrons. The quantitative estimate of drug-likeness (QED) is 0.542. The van der Waals surface area contributed by atoms with E-state index in [9.17, 15) is 8.42 Å². The maximum atomic E-state index is 10.7. The third kappa shape index (κ3) is 1.24. The smallest absolute Gasteiger partial charge is 0.273 e. The summed E-state index contributed by atoms with van der Waals surface area (Å²) in [5, 5.41) is 0.546. The topological polar surface area (TPSA) is 43.4 Å². The van der Waals surface area contributed by atoms with Crippen LogP contribution in [0.25, 0.3) is 0 Å². The molecule has 1 rings (SSSR count). The highest BCUT2D eigenvalue weighted by Gasteiger charge is 2.32. The van der Waals surface area contributed by atoms with Gasteiger partial charge in [-0.15, -0.1) is 0 Å². The highest BCUT2D eigenvalue weighted by Crippen LogP contribution is 2.34. The van der Waals surface area contributed by atoms with E-state index in [4.69, 9.17) is 0 Å². The molecule has 0 bridgehead atoms. The Hall–Kier alpha value is -0.0900. The van der Waals surface area contributed by atoms with Gasteiger partial charge in [0.2, 0.25) is 0 Å². The largest absolute Gasteiger partial charge is 0.274 e. The first kappa shape index (κ1) is 7.02. The molecule has 0 aromatic heterocycles. The van der Waals surface area contributed by atoms with Crippen molar-refractivity contribution in [2.24, 2.45) is 0 Å². The Morgan fingerprint density at radius 3 is 2.11 bits per heavy atom. The van der Waals surface area contributed by atoms with Crippen molar-refractivity contribution < 1.29 is 12.6 Å². The van der Waals surface area contributed by atoms with E-state index in [0.717, 1.165) is 6.42 Å². The molecule has 1 aliphatic carbocycles. The molecule has 0 aliphatic heterocycles. The fourth-order valence-electron chi connectivity index (χ4n) is 0.689. The Balaban J connectivity index is 2.59. The van der Waals surface area contributed by atoms with Gasteiger partial charge in [0.05, 0.1) is 7.11 Å². The highest BCUT2D eigenvalue weighted by atomic mass is 32.2. The zero-order valence-corrected chi connectivity index (χ0v) is 6.07. The first-order valence-corrected chi connectivity index (χ1v) is 4.23. The van der Waals surface area contributed by atoms with Crippen LogP contribution in [0.5, 0.6) is 0 Å². The lowest BCUT2D eigenvalue weighted by atomic mass is 10.0. The molecule has 1 aliphatic rings. The van der Waals surface area contributed by atoms with Gasteiger partial charge in [-0.3, -0.25) is 4.18 Å². The molecule has 1 fully saturated rings. The van der Waals surface area contributed by atoms with Gasteiger partial charge < -0.3 is 0 Å². The molecular formula is C5H9O3S. The monoisotopic (exact) mass is 149 g/mol. The van der Waals surface area contributed by atoms with Crippen LogP contribution >= 0.6 is 0 Å². The van der Waals surface area contributed by atoms with Crippen LogP contribution in [0.1, 0.15) is 19.3 Å². The molecule has 0 saturated heterocycles. The SMILES string of the molecule is COS(=O)(=O)[C]1CCC1. The molecule has 0 N–H and O–H groups in total. The molecule has 0 spiro atoms. The maximum absolute atomic E-state index is 10.7. The third-order valence-electron chi connectivity index (χ3n) is 1.48. The summed E-state index contributed by atoms with van der Waals surface area (Å²) >= 11 is 0. The Bertz CT molecular complexity index is 178. The summed E-state index contributed by atoms with van der Waals surface area (Å²) < 4.78 is 25.7. The van der Waals surface area contributed by atoms with Crippen molar-refractivity contribution in [3.63, 3.8) is 0 Å². The molecule has 4 heteroatoms. The van der Waals surface area contributed by atoms with Gasteiger partial charge in [0, 0.05) is 0 Å². The molecule has 53 valence electrons. The van der Waals surface area contributed by atoms with Crippen molar-refractivity contribution >= 4 is 10.1 Å². The second kappa shape index (κ2) is 2.27. The standard InChI is InChI=1S/C5H9O3S/c1-8-9(6,7)5-3-2-4-5/h2-4H2,1H3. The second-order valence-electron chi connectivity index (χ2n) is 2.01. The summed E-state index contributed by atoms with van der Waals surface area (Å²) in [4.78, 5) is 0. The molecule has 0 amide bonds. The van der Waals surface area contributed by atoms with Crippen molar-refractivity contribution in [3.8, 4) is 0 Å². The number of hydrogen-bond acceptors (Lipinski definition) is 3. The summed E-state index contributed by atoms with van der Waals surface area (Å²) in [7, 11) is -2.05. The summed E-state index contributed by atoms with van der Waals surface area (Å²) in [5.74, 6) is 0. The molecule has 0 aromatic carbocycles. The maximum Gasteiger partial charge on any atom is 0.274 e. The van der Waals surface area contributed by atoms with E-state index in [0.29, 0.717) is 18.1 Å². The molecule has 0 unspecified atom stereocenters. The van der Waals surface area contributed by atoms with E-state index in [1.807, 2.05) is 0 Å². The van der Waals surface area contributed by atoms with Crippen LogP contribution in [0, 0.1) is 5.25 Å². The second-order valence-corrected chi connectivity index (χ2v) is 3.83. The molecule has 0 atom stereocenters. The average Bonchev–Trinajstić information content (AvgIpc) is 1.60. The molecule has 1 saturated carbocycles. The van der Waals surface area contributed by atoms with Crippen LogP contribution in [0.15, 0.2) is 0 Å². The van der Waals surface area contributed by atoms with Crippen LogP contribution in [0.4, 0.5) is 0 Å². The minimum Gasteiger partial charge on any atom is -0.273 e.